The lowest BCUT2D eigenvalue weighted by Crippen LogP contribution is -2.23. The van der Waals surface area contributed by atoms with Crippen LogP contribution in [0.2, 0.25) is 5.15 Å². The summed E-state index contributed by atoms with van der Waals surface area (Å²) in [5.74, 6) is -0.731. The predicted molar refractivity (Wildman–Crippen MR) is 151 cm³/mol. The third kappa shape index (κ3) is 6.06. The molecule has 0 bridgehead atoms. The number of aromatic nitrogens is 4. The van der Waals surface area contributed by atoms with Crippen LogP contribution < -0.4 is 10.1 Å². The summed E-state index contributed by atoms with van der Waals surface area (Å²) < 4.78 is 61.3. The van der Waals surface area contributed by atoms with Crippen molar-refractivity contribution in [2.75, 3.05) is 5.32 Å². The van der Waals surface area contributed by atoms with Gasteiger partial charge in [-0.15, -0.1) is 0 Å². The van der Waals surface area contributed by atoms with Gasteiger partial charge in [0.25, 0.3) is 5.91 Å². The van der Waals surface area contributed by atoms with Crippen LogP contribution in [0.4, 0.5) is 23.4 Å². The highest BCUT2D eigenvalue weighted by Crippen LogP contribution is 2.38. The summed E-state index contributed by atoms with van der Waals surface area (Å²) >= 11 is 6.39. The molecule has 0 saturated carbocycles. The lowest BCUT2D eigenvalue weighted by molar-refractivity contribution is -0.137. The molecule has 0 aliphatic heterocycles. The molecular weight excluding hydrogens is 574 g/mol. The Labute approximate surface area is 243 Å². The van der Waals surface area contributed by atoms with Crippen LogP contribution >= 0.6 is 11.6 Å². The number of imidazole rings is 1. The van der Waals surface area contributed by atoms with Gasteiger partial charge in [-0.3, -0.25) is 4.79 Å². The summed E-state index contributed by atoms with van der Waals surface area (Å²) in [6.07, 6.45) is -3.18. The second kappa shape index (κ2) is 10.7. The van der Waals surface area contributed by atoms with Crippen molar-refractivity contribution in [3.05, 3.63) is 94.5 Å². The van der Waals surface area contributed by atoms with Crippen molar-refractivity contribution in [3.63, 3.8) is 0 Å². The molecule has 0 unspecified atom stereocenters. The average Bonchev–Trinajstić information content (AvgIpc) is 3.28. The highest BCUT2D eigenvalue weighted by molar-refractivity contribution is 6.29. The molecular formula is C30H24ClF4N5O2. The molecule has 0 aliphatic carbocycles. The SMILES string of the molecule is Cc1cc(-c2nc3c(OC(C)(C)C)cc(Cl)nn3c2-c2ccnc(NC(=O)c3cccc(C(F)(F)F)c3)c2)ccc1F. The van der Waals surface area contributed by atoms with Crippen LogP contribution in [0.25, 0.3) is 28.2 Å². The number of hydrogen-bond acceptors (Lipinski definition) is 5. The summed E-state index contributed by atoms with van der Waals surface area (Å²) in [7, 11) is 0. The number of rotatable bonds is 5. The Bertz CT molecular complexity index is 1830. The van der Waals surface area contributed by atoms with Gasteiger partial charge in [-0.1, -0.05) is 17.7 Å². The largest absolute Gasteiger partial charge is 0.484 e. The zero-order chi connectivity index (χ0) is 30.4. The van der Waals surface area contributed by atoms with E-state index in [1.54, 1.807) is 31.2 Å². The molecule has 3 heterocycles. The van der Waals surface area contributed by atoms with Crippen LogP contribution in [0, 0.1) is 12.7 Å². The maximum absolute atomic E-state index is 14.2. The Balaban J connectivity index is 1.64. The van der Waals surface area contributed by atoms with E-state index in [4.69, 9.17) is 21.3 Å². The molecule has 3 aromatic heterocycles. The van der Waals surface area contributed by atoms with Gasteiger partial charge in [-0.25, -0.2) is 18.9 Å². The molecule has 7 nitrogen and oxygen atoms in total. The number of alkyl halides is 3. The van der Waals surface area contributed by atoms with Gasteiger partial charge in [0, 0.05) is 29.0 Å². The van der Waals surface area contributed by atoms with Crippen LogP contribution in [-0.2, 0) is 6.18 Å². The summed E-state index contributed by atoms with van der Waals surface area (Å²) in [4.78, 5) is 21.8. The van der Waals surface area contributed by atoms with Gasteiger partial charge in [0.2, 0.25) is 0 Å². The Morgan fingerprint density at radius 2 is 1.76 bits per heavy atom. The van der Waals surface area contributed by atoms with Gasteiger partial charge in [0.1, 0.15) is 22.9 Å². The van der Waals surface area contributed by atoms with E-state index in [-0.39, 0.29) is 22.4 Å². The molecule has 0 saturated heterocycles. The fourth-order valence-electron chi connectivity index (χ4n) is 4.30. The van der Waals surface area contributed by atoms with E-state index in [2.05, 4.69) is 15.4 Å². The molecule has 2 aromatic carbocycles. The average molecular weight is 598 g/mol. The van der Waals surface area contributed by atoms with E-state index >= 15 is 0 Å². The zero-order valence-electron chi connectivity index (χ0n) is 22.8. The Morgan fingerprint density at radius 1 is 1.00 bits per heavy atom. The van der Waals surface area contributed by atoms with E-state index in [9.17, 15) is 22.4 Å². The van der Waals surface area contributed by atoms with Gasteiger partial charge < -0.3 is 10.1 Å². The molecule has 0 spiro atoms. The van der Waals surface area contributed by atoms with Crippen molar-refractivity contribution in [2.24, 2.45) is 0 Å². The summed E-state index contributed by atoms with van der Waals surface area (Å²) in [5.41, 5.74) is 0.946. The first kappa shape index (κ1) is 29.0. The van der Waals surface area contributed by atoms with Gasteiger partial charge in [-0.05, 0) is 81.8 Å². The number of carbonyl (C=O) groups excluding carboxylic acids is 1. The van der Waals surface area contributed by atoms with Crippen LogP contribution in [-0.4, -0.2) is 31.1 Å². The minimum Gasteiger partial charge on any atom is -0.484 e. The van der Waals surface area contributed by atoms with Crippen LogP contribution in [0.15, 0.2) is 66.9 Å². The minimum atomic E-state index is -4.60. The van der Waals surface area contributed by atoms with Gasteiger partial charge in [-0.2, -0.15) is 18.3 Å². The number of hydrogen-bond donors (Lipinski definition) is 1. The smallest absolute Gasteiger partial charge is 0.416 e. The lowest BCUT2D eigenvalue weighted by Gasteiger charge is -2.21. The third-order valence-electron chi connectivity index (χ3n) is 6.10. The number of amides is 1. The highest BCUT2D eigenvalue weighted by Gasteiger charge is 2.31. The molecule has 216 valence electrons. The number of pyridine rings is 1. The van der Waals surface area contributed by atoms with E-state index in [0.29, 0.717) is 39.5 Å². The number of halogens is 5. The first-order valence-electron chi connectivity index (χ1n) is 12.7. The Kier molecular flexibility index (Phi) is 7.40. The number of carbonyl (C=O) groups is 1. The van der Waals surface area contributed by atoms with Crippen LogP contribution in [0.1, 0.15) is 42.3 Å². The second-order valence-corrected chi connectivity index (χ2v) is 10.9. The normalized spacial score (nSPS) is 12.0. The summed E-state index contributed by atoms with van der Waals surface area (Å²) in [5, 5.41) is 7.12. The molecule has 5 aromatic rings. The van der Waals surface area contributed by atoms with Crippen LogP contribution in [0.3, 0.4) is 0 Å². The molecule has 12 heteroatoms. The van der Waals surface area contributed by atoms with Crippen LogP contribution in [0.5, 0.6) is 5.75 Å². The van der Waals surface area contributed by atoms with Crippen molar-refractivity contribution in [1.82, 2.24) is 19.6 Å². The fourth-order valence-corrected chi connectivity index (χ4v) is 4.47. The summed E-state index contributed by atoms with van der Waals surface area (Å²) in [6, 6.07) is 13.4. The fraction of sp³-hybridized carbons (Fsp3) is 0.200. The molecule has 42 heavy (non-hydrogen) atoms. The standard InChI is InChI=1S/C30H24ClF4N5O2/c1-16-12-17(8-9-21(16)32)25-26(40-27(38-25)22(15-23(31)39-40)42-29(2,3)4)18-10-11-36-24(14-18)37-28(41)19-6-5-7-20(13-19)30(33,34)35/h5-15H,1-4H3,(H,36,37,41). The second-order valence-electron chi connectivity index (χ2n) is 10.5. The lowest BCUT2D eigenvalue weighted by atomic mass is 10.0. The number of nitrogens with zero attached hydrogens (tertiary/aromatic N) is 4. The van der Waals surface area contributed by atoms with E-state index in [1.165, 1.54) is 28.9 Å². The van der Waals surface area contributed by atoms with E-state index in [1.807, 2.05) is 20.8 Å². The number of aryl methyl sites for hydroxylation is 1. The first-order chi connectivity index (χ1) is 19.7. The summed E-state index contributed by atoms with van der Waals surface area (Å²) in [6.45, 7) is 7.24. The number of anilines is 1. The maximum atomic E-state index is 14.2. The number of benzene rings is 2. The predicted octanol–water partition coefficient (Wildman–Crippen LogP) is 8.01. The van der Waals surface area contributed by atoms with E-state index < -0.39 is 23.2 Å². The van der Waals surface area contributed by atoms with Crippen molar-refractivity contribution in [2.45, 2.75) is 39.5 Å². The topological polar surface area (TPSA) is 81.4 Å². The quantitative estimate of drug-likeness (QED) is 0.208. The number of fused-ring (bicyclic) bond motifs is 1. The third-order valence-corrected chi connectivity index (χ3v) is 6.28. The minimum absolute atomic E-state index is 0.0688. The monoisotopic (exact) mass is 597 g/mol. The number of nitrogens with one attached hydrogen (secondary N) is 1. The Hall–Kier alpha value is -4.51. The molecule has 0 radical (unpaired) electrons. The first-order valence-corrected chi connectivity index (χ1v) is 13.1. The van der Waals surface area contributed by atoms with E-state index in [0.717, 1.165) is 18.2 Å². The molecule has 0 aliphatic rings. The van der Waals surface area contributed by atoms with Gasteiger partial charge >= 0.3 is 6.18 Å². The van der Waals surface area contributed by atoms with Crippen molar-refractivity contribution in [3.8, 4) is 28.3 Å². The maximum Gasteiger partial charge on any atom is 0.416 e. The number of ether oxygens (including phenoxy) is 1. The molecule has 1 amide bonds. The van der Waals surface area contributed by atoms with Crippen molar-refractivity contribution >= 4 is 29.0 Å². The zero-order valence-corrected chi connectivity index (χ0v) is 23.6. The van der Waals surface area contributed by atoms with Gasteiger partial charge in [0.15, 0.2) is 16.5 Å². The molecule has 1 N–H and O–H groups in total. The molecule has 0 fully saturated rings. The Morgan fingerprint density at radius 3 is 2.45 bits per heavy atom. The molecule has 5 rings (SSSR count). The highest BCUT2D eigenvalue weighted by atomic mass is 35.5. The van der Waals surface area contributed by atoms with Crippen molar-refractivity contribution in [1.29, 1.82) is 0 Å². The molecule has 0 atom stereocenters. The van der Waals surface area contributed by atoms with Gasteiger partial charge in [0.05, 0.1) is 11.3 Å². The van der Waals surface area contributed by atoms with Crippen molar-refractivity contribution < 1.29 is 27.1 Å².